The van der Waals surface area contributed by atoms with Crippen molar-refractivity contribution < 1.29 is 33.3 Å². The molecule has 2 fully saturated rings. The predicted molar refractivity (Wildman–Crippen MR) is 127 cm³/mol. The first-order chi connectivity index (χ1) is 16.5. The van der Waals surface area contributed by atoms with E-state index in [4.69, 9.17) is 18.9 Å². The molecule has 0 radical (unpaired) electrons. The van der Waals surface area contributed by atoms with Crippen LogP contribution in [0.15, 0.2) is 24.3 Å². The molecule has 0 saturated carbocycles. The quantitative estimate of drug-likeness (QED) is 0.145. The lowest BCUT2D eigenvalue weighted by Gasteiger charge is -2.16. The van der Waals surface area contributed by atoms with Crippen LogP contribution in [0, 0.1) is 0 Å². The Morgan fingerprint density at radius 2 is 1.82 bits per heavy atom. The second kappa shape index (κ2) is 14.0. The molecule has 2 heterocycles. The number of hydrogen-bond acceptors (Lipinski definition) is 8. The van der Waals surface area contributed by atoms with Gasteiger partial charge in [0.2, 0.25) is 5.91 Å². The SMILES string of the molecule is COc1ccc(OC(=O)COCCOCCNC(=O)CCCCC2SCC3NC(=O)NC32)cc1. The van der Waals surface area contributed by atoms with Crippen LogP contribution in [-0.2, 0) is 19.1 Å². The average Bonchev–Trinajstić information content (AvgIpc) is 3.38. The molecule has 3 unspecified atom stereocenters. The molecule has 11 heteroatoms. The molecule has 10 nitrogen and oxygen atoms in total. The van der Waals surface area contributed by atoms with Crippen molar-refractivity contribution >= 4 is 29.7 Å². The van der Waals surface area contributed by atoms with Gasteiger partial charge in [-0.05, 0) is 37.1 Å². The molecule has 1 aromatic carbocycles. The summed E-state index contributed by atoms with van der Waals surface area (Å²) in [6.07, 6.45) is 3.26. The maximum atomic E-state index is 11.9. The van der Waals surface area contributed by atoms with E-state index in [2.05, 4.69) is 16.0 Å². The summed E-state index contributed by atoms with van der Waals surface area (Å²) >= 11 is 1.89. The maximum absolute atomic E-state index is 11.9. The molecule has 0 aliphatic carbocycles. The van der Waals surface area contributed by atoms with E-state index in [1.54, 1.807) is 31.4 Å². The largest absolute Gasteiger partial charge is 0.497 e. The van der Waals surface area contributed by atoms with Gasteiger partial charge in [0.1, 0.15) is 18.1 Å². The number of methoxy groups -OCH3 is 1. The molecule has 2 aliphatic heterocycles. The Bertz CT molecular complexity index is 808. The number of rotatable bonds is 15. The van der Waals surface area contributed by atoms with Gasteiger partial charge in [-0.25, -0.2) is 9.59 Å². The van der Waals surface area contributed by atoms with Crippen molar-refractivity contribution in [3.63, 3.8) is 0 Å². The van der Waals surface area contributed by atoms with Gasteiger partial charge < -0.3 is 34.9 Å². The van der Waals surface area contributed by atoms with Crippen LogP contribution >= 0.6 is 11.8 Å². The van der Waals surface area contributed by atoms with Gasteiger partial charge in [0.15, 0.2) is 0 Å². The third-order valence-corrected chi connectivity index (χ3v) is 7.04. The lowest BCUT2D eigenvalue weighted by molar-refractivity contribution is -0.140. The standard InChI is InChI=1S/C23H33N3O7S/c1-30-16-6-8-17(9-7-16)33-21(28)14-32-13-12-31-11-10-24-20(27)5-3-2-4-19-22-18(15-34-19)25-23(29)26-22/h6-9,18-19,22H,2-5,10-15H2,1H3,(H,24,27)(H2,25,26,29). The van der Waals surface area contributed by atoms with Gasteiger partial charge in [-0.15, -0.1) is 0 Å². The second-order valence-corrected chi connectivity index (χ2v) is 9.30. The monoisotopic (exact) mass is 495 g/mol. The van der Waals surface area contributed by atoms with Gasteiger partial charge in [-0.2, -0.15) is 11.8 Å². The zero-order chi connectivity index (χ0) is 24.2. The first-order valence-corrected chi connectivity index (χ1v) is 12.6. The highest BCUT2D eigenvalue weighted by Gasteiger charge is 2.42. The number of carbonyl (C=O) groups is 3. The smallest absolute Gasteiger partial charge is 0.337 e. The summed E-state index contributed by atoms with van der Waals surface area (Å²) in [5, 5.41) is 9.19. The molecule has 3 N–H and O–H groups in total. The summed E-state index contributed by atoms with van der Waals surface area (Å²) in [5.41, 5.74) is 0. The summed E-state index contributed by atoms with van der Waals surface area (Å²) < 4.78 is 20.8. The lowest BCUT2D eigenvalue weighted by Crippen LogP contribution is -2.36. The Hall–Kier alpha value is -2.50. The Morgan fingerprint density at radius 1 is 1.06 bits per heavy atom. The average molecular weight is 496 g/mol. The fourth-order valence-corrected chi connectivity index (χ4v) is 5.35. The normalized spacial score (nSPS) is 20.9. The van der Waals surface area contributed by atoms with Crippen LogP contribution in [0.1, 0.15) is 25.7 Å². The van der Waals surface area contributed by atoms with E-state index in [9.17, 15) is 14.4 Å². The Kier molecular flexibility index (Phi) is 10.8. The van der Waals surface area contributed by atoms with Crippen LogP contribution in [0.3, 0.4) is 0 Å². The van der Waals surface area contributed by atoms with Crippen LogP contribution in [0.5, 0.6) is 11.5 Å². The third-order valence-electron chi connectivity index (χ3n) is 5.53. The van der Waals surface area contributed by atoms with E-state index in [1.807, 2.05) is 11.8 Å². The van der Waals surface area contributed by atoms with Gasteiger partial charge in [0.25, 0.3) is 0 Å². The number of hydrogen-bond donors (Lipinski definition) is 3. The number of fused-ring (bicyclic) bond motifs is 1. The highest BCUT2D eigenvalue weighted by atomic mass is 32.2. The molecule has 3 amide bonds. The second-order valence-electron chi connectivity index (χ2n) is 8.03. The van der Waals surface area contributed by atoms with E-state index < -0.39 is 5.97 Å². The summed E-state index contributed by atoms with van der Waals surface area (Å²) in [6, 6.07) is 7.08. The molecular weight excluding hydrogens is 462 g/mol. The molecule has 34 heavy (non-hydrogen) atoms. The van der Waals surface area contributed by atoms with E-state index in [1.165, 1.54) is 0 Å². The molecular formula is C23H33N3O7S. The zero-order valence-electron chi connectivity index (χ0n) is 19.4. The number of carbonyl (C=O) groups excluding carboxylic acids is 3. The van der Waals surface area contributed by atoms with Gasteiger partial charge in [-0.3, -0.25) is 4.79 Å². The Balaban J connectivity index is 1.11. The van der Waals surface area contributed by atoms with Crippen molar-refractivity contribution in [3.8, 4) is 11.5 Å². The molecule has 2 saturated heterocycles. The topological polar surface area (TPSA) is 124 Å². The number of esters is 1. The highest BCUT2D eigenvalue weighted by molar-refractivity contribution is 8.00. The maximum Gasteiger partial charge on any atom is 0.337 e. The van der Waals surface area contributed by atoms with Crippen LogP contribution in [0.2, 0.25) is 0 Å². The first kappa shape index (κ1) is 26.1. The van der Waals surface area contributed by atoms with Crippen molar-refractivity contribution in [3.05, 3.63) is 24.3 Å². The molecule has 3 atom stereocenters. The zero-order valence-corrected chi connectivity index (χ0v) is 20.2. The number of urea groups is 1. The van der Waals surface area contributed by atoms with Crippen LogP contribution in [-0.4, -0.2) is 81.1 Å². The van der Waals surface area contributed by atoms with Crippen LogP contribution < -0.4 is 25.4 Å². The van der Waals surface area contributed by atoms with E-state index >= 15 is 0 Å². The van der Waals surface area contributed by atoms with Crippen LogP contribution in [0.25, 0.3) is 0 Å². The number of nitrogens with one attached hydrogen (secondary N) is 3. The van der Waals surface area contributed by atoms with Crippen molar-refractivity contribution in [2.75, 3.05) is 45.8 Å². The molecule has 3 rings (SSSR count). The summed E-state index contributed by atoms with van der Waals surface area (Å²) in [5.74, 6) is 1.57. The summed E-state index contributed by atoms with van der Waals surface area (Å²) in [7, 11) is 1.56. The minimum Gasteiger partial charge on any atom is -0.497 e. The van der Waals surface area contributed by atoms with Gasteiger partial charge in [0, 0.05) is 24.0 Å². The number of thioether (sulfide) groups is 1. The number of benzene rings is 1. The van der Waals surface area contributed by atoms with E-state index in [0.717, 1.165) is 25.0 Å². The number of amides is 3. The predicted octanol–water partition coefficient (Wildman–Crippen LogP) is 1.48. The van der Waals surface area contributed by atoms with E-state index in [-0.39, 0.29) is 37.2 Å². The van der Waals surface area contributed by atoms with Gasteiger partial charge >= 0.3 is 12.0 Å². The minimum absolute atomic E-state index is 0.00825. The molecule has 0 spiro atoms. The van der Waals surface area contributed by atoms with E-state index in [0.29, 0.717) is 42.9 Å². The minimum atomic E-state index is -0.492. The van der Waals surface area contributed by atoms with Crippen molar-refractivity contribution in [1.82, 2.24) is 16.0 Å². The molecule has 2 aliphatic rings. The highest BCUT2D eigenvalue weighted by Crippen LogP contribution is 2.33. The Morgan fingerprint density at radius 3 is 2.62 bits per heavy atom. The van der Waals surface area contributed by atoms with Crippen molar-refractivity contribution in [1.29, 1.82) is 0 Å². The fourth-order valence-electron chi connectivity index (χ4n) is 3.81. The van der Waals surface area contributed by atoms with Gasteiger partial charge in [-0.1, -0.05) is 6.42 Å². The van der Waals surface area contributed by atoms with Crippen LogP contribution in [0.4, 0.5) is 4.79 Å². The lowest BCUT2D eigenvalue weighted by atomic mass is 10.0. The fraction of sp³-hybridized carbons (Fsp3) is 0.609. The summed E-state index contributed by atoms with van der Waals surface area (Å²) in [6.45, 7) is 1.20. The summed E-state index contributed by atoms with van der Waals surface area (Å²) in [4.78, 5) is 35.1. The number of ether oxygens (including phenoxy) is 4. The molecule has 188 valence electrons. The molecule has 1 aromatic rings. The van der Waals surface area contributed by atoms with Gasteiger partial charge in [0.05, 0.1) is 39.0 Å². The molecule has 0 bridgehead atoms. The first-order valence-electron chi connectivity index (χ1n) is 11.5. The number of unbranched alkanes of at least 4 members (excludes halogenated alkanes) is 1. The van der Waals surface area contributed by atoms with Crippen molar-refractivity contribution in [2.24, 2.45) is 0 Å². The molecule has 0 aromatic heterocycles. The van der Waals surface area contributed by atoms with Crippen molar-refractivity contribution in [2.45, 2.75) is 43.0 Å². The third kappa shape index (κ3) is 8.69. The Labute approximate surface area is 203 Å².